The summed E-state index contributed by atoms with van der Waals surface area (Å²) in [6.07, 6.45) is 1.80. The maximum absolute atomic E-state index is 5.92. The van der Waals surface area contributed by atoms with Crippen LogP contribution in [0.25, 0.3) is 11.3 Å². The van der Waals surface area contributed by atoms with E-state index in [4.69, 9.17) is 35.4 Å². The molecular weight excluding hydrogens is 249 g/mol. The van der Waals surface area contributed by atoms with Crippen molar-refractivity contribution >= 4 is 35.4 Å². The van der Waals surface area contributed by atoms with E-state index in [0.29, 0.717) is 10.0 Å². The number of rotatable bonds is 1. The van der Waals surface area contributed by atoms with Gasteiger partial charge in [-0.3, -0.25) is 0 Å². The molecule has 1 heterocycles. The minimum atomic E-state index is 0.612. The SMILES string of the molecule is S=c1cc[nH]c(-c2cc(Cl)cc(Cl)c2)c1. The van der Waals surface area contributed by atoms with Gasteiger partial charge in [-0.05, 0) is 30.3 Å². The van der Waals surface area contributed by atoms with E-state index < -0.39 is 0 Å². The minimum absolute atomic E-state index is 0.612. The van der Waals surface area contributed by atoms with Gasteiger partial charge < -0.3 is 4.98 Å². The van der Waals surface area contributed by atoms with Gasteiger partial charge in [0.1, 0.15) is 0 Å². The van der Waals surface area contributed by atoms with E-state index in [1.165, 1.54) is 0 Å². The molecule has 1 aromatic carbocycles. The lowest BCUT2D eigenvalue weighted by atomic mass is 10.1. The molecule has 76 valence electrons. The Morgan fingerprint density at radius 3 is 2.27 bits per heavy atom. The van der Waals surface area contributed by atoms with E-state index >= 15 is 0 Å². The van der Waals surface area contributed by atoms with Crippen molar-refractivity contribution in [3.05, 3.63) is 51.1 Å². The number of aromatic nitrogens is 1. The highest BCUT2D eigenvalue weighted by Gasteiger charge is 2.01. The van der Waals surface area contributed by atoms with Crippen molar-refractivity contribution in [2.45, 2.75) is 0 Å². The van der Waals surface area contributed by atoms with Crippen LogP contribution in [0.15, 0.2) is 36.5 Å². The van der Waals surface area contributed by atoms with Crippen LogP contribution in [0, 0.1) is 4.51 Å². The first-order valence-corrected chi connectivity index (χ1v) is 5.47. The molecular formula is C11H7Cl2NS. The third kappa shape index (κ3) is 2.59. The van der Waals surface area contributed by atoms with Gasteiger partial charge in [0.05, 0.1) is 0 Å². The fourth-order valence-electron chi connectivity index (χ4n) is 1.32. The van der Waals surface area contributed by atoms with E-state index in [1.54, 1.807) is 12.3 Å². The van der Waals surface area contributed by atoms with E-state index in [9.17, 15) is 0 Å². The number of benzene rings is 1. The summed E-state index contributed by atoms with van der Waals surface area (Å²) in [5.41, 5.74) is 1.84. The second-order valence-electron chi connectivity index (χ2n) is 3.10. The molecule has 0 radical (unpaired) electrons. The van der Waals surface area contributed by atoms with Gasteiger partial charge in [0.15, 0.2) is 0 Å². The Hall–Kier alpha value is -0.830. The number of H-pyrrole nitrogens is 1. The highest BCUT2D eigenvalue weighted by Crippen LogP contribution is 2.25. The highest BCUT2D eigenvalue weighted by atomic mass is 35.5. The molecule has 0 aliphatic carbocycles. The Morgan fingerprint density at radius 1 is 1.00 bits per heavy atom. The largest absolute Gasteiger partial charge is 0.361 e. The molecule has 0 atom stereocenters. The average Bonchev–Trinajstić information content (AvgIpc) is 2.16. The Bertz CT molecular complexity index is 528. The fourth-order valence-corrected chi connectivity index (χ4v) is 2.03. The molecule has 0 fully saturated rings. The minimum Gasteiger partial charge on any atom is -0.361 e. The molecule has 0 unspecified atom stereocenters. The molecule has 4 heteroatoms. The van der Waals surface area contributed by atoms with Crippen LogP contribution in [-0.2, 0) is 0 Å². The third-order valence-electron chi connectivity index (χ3n) is 1.95. The van der Waals surface area contributed by atoms with Gasteiger partial charge in [0, 0.05) is 32.0 Å². The summed E-state index contributed by atoms with van der Waals surface area (Å²) in [6, 6.07) is 9.08. The molecule has 1 nitrogen and oxygen atoms in total. The Kier molecular flexibility index (Phi) is 3.10. The number of pyridine rings is 1. The summed E-state index contributed by atoms with van der Waals surface area (Å²) in [5, 5.41) is 1.22. The molecule has 0 spiro atoms. The molecule has 0 saturated heterocycles. The van der Waals surface area contributed by atoms with Gasteiger partial charge in [0.2, 0.25) is 0 Å². The Balaban J connectivity index is 2.58. The number of hydrogen-bond donors (Lipinski definition) is 1. The lowest BCUT2D eigenvalue weighted by Gasteiger charge is -2.03. The Labute approximate surface area is 103 Å². The normalized spacial score (nSPS) is 10.3. The van der Waals surface area contributed by atoms with Crippen LogP contribution in [0.5, 0.6) is 0 Å². The maximum atomic E-state index is 5.92. The summed E-state index contributed by atoms with van der Waals surface area (Å²) in [5.74, 6) is 0. The monoisotopic (exact) mass is 255 g/mol. The zero-order valence-corrected chi connectivity index (χ0v) is 9.96. The lowest BCUT2D eigenvalue weighted by Crippen LogP contribution is -1.82. The van der Waals surface area contributed by atoms with Crippen molar-refractivity contribution < 1.29 is 0 Å². The molecule has 2 rings (SSSR count). The van der Waals surface area contributed by atoms with Crippen molar-refractivity contribution in [1.82, 2.24) is 4.98 Å². The summed E-state index contributed by atoms with van der Waals surface area (Å²) in [6.45, 7) is 0. The first kappa shape index (κ1) is 10.7. The fraction of sp³-hybridized carbons (Fsp3) is 0. The van der Waals surface area contributed by atoms with Crippen LogP contribution in [0.1, 0.15) is 0 Å². The van der Waals surface area contributed by atoms with Crippen molar-refractivity contribution in [3.63, 3.8) is 0 Å². The first-order valence-electron chi connectivity index (χ1n) is 4.30. The summed E-state index contributed by atoms with van der Waals surface area (Å²) < 4.78 is 0.778. The molecule has 2 aromatic rings. The smallest absolute Gasteiger partial charge is 0.0468 e. The summed E-state index contributed by atoms with van der Waals surface area (Å²) in [7, 11) is 0. The van der Waals surface area contributed by atoms with Gasteiger partial charge in [-0.25, -0.2) is 0 Å². The predicted molar refractivity (Wildman–Crippen MR) is 67.1 cm³/mol. The summed E-state index contributed by atoms with van der Waals surface area (Å²) in [4.78, 5) is 3.10. The number of halogens is 2. The van der Waals surface area contributed by atoms with Crippen LogP contribution >= 0.6 is 35.4 Å². The van der Waals surface area contributed by atoms with Crippen molar-refractivity contribution in [3.8, 4) is 11.3 Å². The van der Waals surface area contributed by atoms with Crippen molar-refractivity contribution in [2.24, 2.45) is 0 Å². The standard InChI is InChI=1S/C11H7Cl2NS/c12-8-3-7(4-9(13)5-8)11-6-10(15)1-2-14-11/h1-6H,(H,14,15). The maximum Gasteiger partial charge on any atom is 0.0468 e. The number of aromatic amines is 1. The van der Waals surface area contributed by atoms with Crippen LogP contribution in [0.2, 0.25) is 10.0 Å². The predicted octanol–water partition coefficient (Wildman–Crippen LogP) is 4.72. The van der Waals surface area contributed by atoms with E-state index in [2.05, 4.69) is 4.98 Å². The van der Waals surface area contributed by atoms with E-state index in [1.807, 2.05) is 24.3 Å². The summed E-state index contributed by atoms with van der Waals surface area (Å²) >= 11 is 16.9. The Morgan fingerprint density at radius 2 is 1.67 bits per heavy atom. The molecule has 15 heavy (non-hydrogen) atoms. The average molecular weight is 256 g/mol. The van der Waals surface area contributed by atoms with Gasteiger partial charge in [-0.1, -0.05) is 35.4 Å². The van der Waals surface area contributed by atoms with Gasteiger partial charge in [-0.15, -0.1) is 0 Å². The topological polar surface area (TPSA) is 15.8 Å². The molecule has 0 saturated carbocycles. The molecule has 0 aliphatic rings. The van der Waals surface area contributed by atoms with Crippen LogP contribution in [0.3, 0.4) is 0 Å². The van der Waals surface area contributed by atoms with Crippen LogP contribution in [-0.4, -0.2) is 4.98 Å². The molecule has 0 aliphatic heterocycles. The van der Waals surface area contributed by atoms with Crippen LogP contribution < -0.4 is 0 Å². The van der Waals surface area contributed by atoms with Crippen molar-refractivity contribution in [1.29, 1.82) is 0 Å². The van der Waals surface area contributed by atoms with E-state index in [-0.39, 0.29) is 0 Å². The molecule has 0 amide bonds. The number of nitrogens with one attached hydrogen (secondary N) is 1. The first-order chi connectivity index (χ1) is 7.15. The zero-order chi connectivity index (χ0) is 10.8. The highest BCUT2D eigenvalue weighted by molar-refractivity contribution is 7.71. The molecule has 1 N–H and O–H groups in total. The van der Waals surface area contributed by atoms with Crippen LogP contribution in [0.4, 0.5) is 0 Å². The van der Waals surface area contributed by atoms with Gasteiger partial charge in [-0.2, -0.15) is 0 Å². The van der Waals surface area contributed by atoms with E-state index in [0.717, 1.165) is 15.8 Å². The van der Waals surface area contributed by atoms with Crippen molar-refractivity contribution in [2.75, 3.05) is 0 Å². The quantitative estimate of drug-likeness (QED) is 0.730. The molecule has 1 aromatic heterocycles. The van der Waals surface area contributed by atoms with Gasteiger partial charge in [0.25, 0.3) is 0 Å². The number of hydrogen-bond acceptors (Lipinski definition) is 1. The second kappa shape index (κ2) is 4.35. The lowest BCUT2D eigenvalue weighted by molar-refractivity contribution is 1.32. The molecule has 0 bridgehead atoms. The zero-order valence-electron chi connectivity index (χ0n) is 7.63. The third-order valence-corrected chi connectivity index (χ3v) is 2.64. The van der Waals surface area contributed by atoms with Gasteiger partial charge >= 0.3 is 0 Å². The second-order valence-corrected chi connectivity index (χ2v) is 4.44.